The summed E-state index contributed by atoms with van der Waals surface area (Å²) in [6.07, 6.45) is 5.35. The maximum Gasteiger partial charge on any atom is -0.00156 e. The van der Waals surface area contributed by atoms with Crippen molar-refractivity contribution in [3.05, 3.63) is 34.9 Å². The molecule has 0 amide bonds. The second kappa shape index (κ2) is 6.38. The van der Waals surface area contributed by atoms with E-state index < -0.39 is 0 Å². The molecule has 1 aromatic carbocycles. The molecule has 1 aromatic rings. The van der Waals surface area contributed by atoms with Crippen LogP contribution in [0.3, 0.4) is 0 Å². The van der Waals surface area contributed by atoms with Gasteiger partial charge in [-0.05, 0) is 74.8 Å². The van der Waals surface area contributed by atoms with Gasteiger partial charge in [0.25, 0.3) is 0 Å². The Bertz CT molecular complexity index is 375. The Morgan fingerprint density at radius 2 is 1.89 bits per heavy atom. The number of aryl methyl sites for hydroxylation is 2. The zero-order chi connectivity index (χ0) is 13.0. The molecule has 0 unspecified atom stereocenters. The summed E-state index contributed by atoms with van der Waals surface area (Å²) in [5.74, 6) is 0.642. The van der Waals surface area contributed by atoms with Crippen molar-refractivity contribution in [1.82, 2.24) is 4.90 Å². The lowest BCUT2D eigenvalue weighted by Gasteiger charge is -2.15. The van der Waals surface area contributed by atoms with Gasteiger partial charge < -0.3 is 4.90 Å². The van der Waals surface area contributed by atoms with Gasteiger partial charge in [-0.2, -0.15) is 0 Å². The van der Waals surface area contributed by atoms with Crippen molar-refractivity contribution in [2.24, 2.45) is 0 Å². The molecule has 18 heavy (non-hydrogen) atoms. The molecule has 1 aliphatic rings. The summed E-state index contributed by atoms with van der Waals surface area (Å²) in [5.41, 5.74) is 4.47. The van der Waals surface area contributed by atoms with Crippen LogP contribution in [0.15, 0.2) is 18.2 Å². The van der Waals surface area contributed by atoms with Crippen LogP contribution in [0.1, 0.15) is 55.7 Å². The molecule has 0 radical (unpaired) electrons. The Morgan fingerprint density at radius 3 is 2.50 bits per heavy atom. The van der Waals surface area contributed by atoms with Gasteiger partial charge in [0.1, 0.15) is 0 Å². The van der Waals surface area contributed by atoms with Gasteiger partial charge in [0, 0.05) is 0 Å². The number of hydrogen-bond donors (Lipinski definition) is 0. The third-order valence-electron chi connectivity index (χ3n) is 4.09. The van der Waals surface area contributed by atoms with Gasteiger partial charge in [-0.15, -0.1) is 0 Å². The monoisotopic (exact) mass is 245 g/mol. The van der Waals surface area contributed by atoms with E-state index >= 15 is 0 Å². The summed E-state index contributed by atoms with van der Waals surface area (Å²) in [5, 5.41) is 0. The maximum absolute atomic E-state index is 2.61. The van der Waals surface area contributed by atoms with E-state index in [1.807, 2.05) is 0 Å². The highest BCUT2D eigenvalue weighted by molar-refractivity contribution is 5.33. The van der Waals surface area contributed by atoms with E-state index in [4.69, 9.17) is 0 Å². The first-order valence-corrected chi connectivity index (χ1v) is 7.48. The average molecular weight is 245 g/mol. The molecule has 1 heterocycles. The molecule has 0 aromatic heterocycles. The zero-order valence-corrected chi connectivity index (χ0v) is 12.2. The predicted molar refractivity (Wildman–Crippen MR) is 79.3 cm³/mol. The molecular formula is C17H27N. The Balaban J connectivity index is 1.84. The van der Waals surface area contributed by atoms with Crippen LogP contribution in [0, 0.1) is 6.92 Å². The molecule has 0 saturated carbocycles. The summed E-state index contributed by atoms with van der Waals surface area (Å²) < 4.78 is 0. The molecule has 0 bridgehead atoms. The Labute approximate surface area is 112 Å². The fourth-order valence-electron chi connectivity index (χ4n) is 3.05. The minimum atomic E-state index is 0.642. The number of nitrogens with zero attached hydrogens (tertiary/aromatic N) is 1. The highest BCUT2D eigenvalue weighted by Gasteiger charge is 2.10. The second-order valence-electron chi connectivity index (χ2n) is 6.00. The van der Waals surface area contributed by atoms with E-state index in [9.17, 15) is 0 Å². The van der Waals surface area contributed by atoms with Crippen molar-refractivity contribution < 1.29 is 0 Å². The van der Waals surface area contributed by atoms with Crippen molar-refractivity contribution in [3.8, 4) is 0 Å². The van der Waals surface area contributed by atoms with Crippen molar-refractivity contribution >= 4 is 0 Å². The quantitative estimate of drug-likeness (QED) is 0.753. The molecule has 0 atom stereocenters. The van der Waals surface area contributed by atoms with Crippen LogP contribution in [0.5, 0.6) is 0 Å². The summed E-state index contributed by atoms with van der Waals surface area (Å²) in [6.45, 7) is 10.7. The average Bonchev–Trinajstić information content (AvgIpc) is 2.81. The standard InChI is InChI=1S/C17H27N/c1-14(2)17-9-8-16(13-15(17)3)7-6-12-18-10-4-5-11-18/h8-9,13-14H,4-7,10-12H2,1-3H3. The number of hydrogen-bond acceptors (Lipinski definition) is 1. The van der Waals surface area contributed by atoms with Gasteiger partial charge in [0.05, 0.1) is 0 Å². The van der Waals surface area contributed by atoms with Crippen LogP contribution in [0.4, 0.5) is 0 Å². The Hall–Kier alpha value is -0.820. The van der Waals surface area contributed by atoms with E-state index in [0.29, 0.717) is 5.92 Å². The van der Waals surface area contributed by atoms with E-state index in [-0.39, 0.29) is 0 Å². The van der Waals surface area contributed by atoms with Crippen LogP contribution in [0.25, 0.3) is 0 Å². The van der Waals surface area contributed by atoms with Crippen LogP contribution >= 0.6 is 0 Å². The van der Waals surface area contributed by atoms with Gasteiger partial charge in [-0.3, -0.25) is 0 Å². The summed E-state index contributed by atoms with van der Waals surface area (Å²) in [6, 6.07) is 7.04. The summed E-state index contributed by atoms with van der Waals surface area (Å²) >= 11 is 0. The van der Waals surface area contributed by atoms with Crippen LogP contribution < -0.4 is 0 Å². The van der Waals surface area contributed by atoms with Crippen LogP contribution in [-0.4, -0.2) is 24.5 Å². The van der Waals surface area contributed by atoms with Crippen LogP contribution in [0.2, 0.25) is 0 Å². The molecule has 100 valence electrons. The molecule has 1 saturated heterocycles. The predicted octanol–water partition coefficient (Wildman–Crippen LogP) is 4.15. The van der Waals surface area contributed by atoms with E-state index in [0.717, 1.165) is 0 Å². The largest absolute Gasteiger partial charge is 0.303 e. The lowest BCUT2D eigenvalue weighted by Crippen LogP contribution is -2.20. The molecule has 0 N–H and O–H groups in total. The Kier molecular flexibility index (Phi) is 4.82. The third kappa shape index (κ3) is 3.58. The van der Waals surface area contributed by atoms with E-state index in [1.165, 1.54) is 62.0 Å². The topological polar surface area (TPSA) is 3.24 Å². The third-order valence-corrected chi connectivity index (χ3v) is 4.09. The minimum Gasteiger partial charge on any atom is -0.303 e. The first-order valence-electron chi connectivity index (χ1n) is 7.48. The fourth-order valence-corrected chi connectivity index (χ4v) is 3.05. The number of rotatable bonds is 5. The zero-order valence-electron chi connectivity index (χ0n) is 12.2. The molecule has 1 aliphatic heterocycles. The first kappa shape index (κ1) is 13.6. The molecule has 1 nitrogen and oxygen atoms in total. The van der Waals surface area contributed by atoms with Gasteiger partial charge in [0.15, 0.2) is 0 Å². The van der Waals surface area contributed by atoms with E-state index in [1.54, 1.807) is 0 Å². The normalized spacial score (nSPS) is 16.7. The van der Waals surface area contributed by atoms with Gasteiger partial charge >= 0.3 is 0 Å². The Morgan fingerprint density at radius 1 is 1.17 bits per heavy atom. The molecule has 0 spiro atoms. The fraction of sp³-hybridized carbons (Fsp3) is 0.647. The molecule has 0 aliphatic carbocycles. The van der Waals surface area contributed by atoms with Crippen molar-refractivity contribution in [2.75, 3.05) is 19.6 Å². The molecule has 1 heteroatoms. The number of benzene rings is 1. The van der Waals surface area contributed by atoms with Crippen LogP contribution in [-0.2, 0) is 6.42 Å². The maximum atomic E-state index is 2.61. The summed E-state index contributed by atoms with van der Waals surface area (Å²) in [7, 11) is 0. The van der Waals surface area contributed by atoms with Gasteiger partial charge in [-0.25, -0.2) is 0 Å². The second-order valence-corrected chi connectivity index (χ2v) is 6.00. The lowest BCUT2D eigenvalue weighted by atomic mass is 9.95. The first-order chi connectivity index (χ1) is 8.66. The highest BCUT2D eigenvalue weighted by atomic mass is 15.1. The van der Waals surface area contributed by atoms with Gasteiger partial charge in [-0.1, -0.05) is 32.0 Å². The molecule has 1 fully saturated rings. The molecular weight excluding hydrogens is 218 g/mol. The van der Waals surface area contributed by atoms with Gasteiger partial charge in [0.2, 0.25) is 0 Å². The lowest BCUT2D eigenvalue weighted by molar-refractivity contribution is 0.334. The van der Waals surface area contributed by atoms with Crippen molar-refractivity contribution in [1.29, 1.82) is 0 Å². The van der Waals surface area contributed by atoms with E-state index in [2.05, 4.69) is 43.9 Å². The highest BCUT2D eigenvalue weighted by Crippen LogP contribution is 2.20. The summed E-state index contributed by atoms with van der Waals surface area (Å²) in [4.78, 5) is 2.61. The van der Waals surface area contributed by atoms with Crippen molar-refractivity contribution in [3.63, 3.8) is 0 Å². The van der Waals surface area contributed by atoms with Crippen molar-refractivity contribution in [2.45, 2.75) is 52.4 Å². The SMILES string of the molecule is Cc1cc(CCCN2CCCC2)ccc1C(C)C. The minimum absolute atomic E-state index is 0.642. The smallest absolute Gasteiger partial charge is 0.00156 e. The number of likely N-dealkylation sites (tertiary alicyclic amines) is 1. The molecule has 2 rings (SSSR count).